The summed E-state index contributed by atoms with van der Waals surface area (Å²) in [5.41, 5.74) is 6.72. The second-order valence-electron chi connectivity index (χ2n) is 5.06. The summed E-state index contributed by atoms with van der Waals surface area (Å²) in [4.78, 5) is 10.8. The van der Waals surface area contributed by atoms with Crippen LogP contribution in [0.15, 0.2) is 48.5 Å². The Kier molecular flexibility index (Phi) is 8.57. The fourth-order valence-corrected chi connectivity index (χ4v) is 2.31. The number of aliphatic hydroxyl groups is 1. The summed E-state index contributed by atoms with van der Waals surface area (Å²) in [7, 11) is 0. The maximum Gasteiger partial charge on any atom is 0.255 e. The van der Waals surface area contributed by atoms with Crippen molar-refractivity contribution in [2.24, 2.45) is 5.73 Å². The van der Waals surface area contributed by atoms with E-state index in [9.17, 15) is 9.90 Å². The van der Waals surface area contributed by atoms with Crippen molar-refractivity contribution in [2.75, 3.05) is 13.2 Å². The van der Waals surface area contributed by atoms with Crippen LogP contribution in [0.1, 0.15) is 17.2 Å². The van der Waals surface area contributed by atoms with Crippen molar-refractivity contribution in [3.63, 3.8) is 0 Å². The van der Waals surface area contributed by atoms with Gasteiger partial charge in [-0.3, -0.25) is 4.79 Å². The molecule has 0 saturated carbocycles. The van der Waals surface area contributed by atoms with Crippen LogP contribution in [0.2, 0.25) is 5.02 Å². The molecule has 0 aliphatic carbocycles. The third-order valence-electron chi connectivity index (χ3n) is 3.23. The number of hydrogen-bond donors (Lipinski definition) is 3. The van der Waals surface area contributed by atoms with Gasteiger partial charge in [0, 0.05) is 23.7 Å². The van der Waals surface area contributed by atoms with Gasteiger partial charge in [-0.2, -0.15) is 0 Å². The van der Waals surface area contributed by atoms with E-state index in [0.717, 1.165) is 11.1 Å². The van der Waals surface area contributed by atoms with Crippen molar-refractivity contribution in [3.8, 4) is 5.75 Å². The van der Waals surface area contributed by atoms with Crippen LogP contribution in [-0.2, 0) is 11.3 Å². The number of amides is 1. The first-order valence-electron chi connectivity index (χ1n) is 7.19. The smallest absolute Gasteiger partial charge is 0.255 e. The van der Waals surface area contributed by atoms with Gasteiger partial charge in [0.05, 0.1) is 6.10 Å². The number of carbonyl (C=O) groups excluding carboxylic acids is 1. The van der Waals surface area contributed by atoms with Gasteiger partial charge < -0.3 is 20.9 Å². The molecule has 24 heavy (non-hydrogen) atoms. The Hall–Kier alpha value is -1.79. The number of aliphatic hydroxyl groups excluding tert-OH is 1. The molecule has 0 aliphatic rings. The van der Waals surface area contributed by atoms with Gasteiger partial charge in [-0.1, -0.05) is 41.9 Å². The van der Waals surface area contributed by atoms with E-state index in [1.165, 1.54) is 0 Å². The van der Waals surface area contributed by atoms with E-state index in [2.05, 4.69) is 5.32 Å². The third kappa shape index (κ3) is 6.37. The van der Waals surface area contributed by atoms with Crippen molar-refractivity contribution >= 4 is 29.9 Å². The maximum atomic E-state index is 10.8. The molecular weight excluding hydrogens is 351 g/mol. The molecule has 2 rings (SSSR count). The highest BCUT2D eigenvalue weighted by molar-refractivity contribution is 6.30. The lowest BCUT2D eigenvalue weighted by Crippen LogP contribution is -2.23. The van der Waals surface area contributed by atoms with Crippen molar-refractivity contribution in [3.05, 3.63) is 64.7 Å². The predicted octanol–water partition coefficient (Wildman–Crippen LogP) is 2.45. The molecule has 2 aromatic rings. The SMILES string of the molecule is Cl.NC(=O)COc1ccc(Cl)cc1CNCC(O)c1ccccc1. The molecule has 5 nitrogen and oxygen atoms in total. The molecule has 1 amide bonds. The van der Waals surface area contributed by atoms with E-state index in [0.29, 0.717) is 23.9 Å². The number of carbonyl (C=O) groups is 1. The first-order valence-corrected chi connectivity index (χ1v) is 7.57. The van der Waals surface area contributed by atoms with E-state index in [4.69, 9.17) is 22.1 Å². The highest BCUT2D eigenvalue weighted by atomic mass is 35.5. The lowest BCUT2D eigenvalue weighted by Gasteiger charge is -2.14. The van der Waals surface area contributed by atoms with Crippen LogP contribution in [0.3, 0.4) is 0 Å². The number of primary amides is 1. The molecule has 130 valence electrons. The molecule has 7 heteroatoms. The number of hydrogen-bond acceptors (Lipinski definition) is 4. The van der Waals surface area contributed by atoms with Crippen LogP contribution in [-0.4, -0.2) is 24.2 Å². The molecule has 0 fully saturated rings. The average Bonchev–Trinajstić information content (AvgIpc) is 2.54. The zero-order valence-electron chi connectivity index (χ0n) is 12.9. The Labute approximate surface area is 152 Å². The lowest BCUT2D eigenvalue weighted by molar-refractivity contribution is -0.119. The Morgan fingerprint density at radius 2 is 1.96 bits per heavy atom. The molecule has 1 unspecified atom stereocenters. The Morgan fingerprint density at radius 3 is 2.62 bits per heavy atom. The van der Waals surface area contributed by atoms with Gasteiger partial charge in [0.15, 0.2) is 6.61 Å². The Morgan fingerprint density at radius 1 is 1.25 bits per heavy atom. The molecule has 0 heterocycles. The molecule has 2 aromatic carbocycles. The van der Waals surface area contributed by atoms with Crippen LogP contribution in [0.25, 0.3) is 0 Å². The molecule has 0 aliphatic heterocycles. The van der Waals surface area contributed by atoms with Crippen molar-refractivity contribution in [1.29, 1.82) is 0 Å². The predicted molar refractivity (Wildman–Crippen MR) is 96.5 cm³/mol. The van der Waals surface area contributed by atoms with E-state index in [1.54, 1.807) is 18.2 Å². The van der Waals surface area contributed by atoms with Crippen molar-refractivity contribution < 1.29 is 14.6 Å². The lowest BCUT2D eigenvalue weighted by atomic mass is 10.1. The van der Waals surface area contributed by atoms with Crippen LogP contribution >= 0.6 is 24.0 Å². The summed E-state index contributed by atoms with van der Waals surface area (Å²) in [5.74, 6) is -0.00624. The summed E-state index contributed by atoms with van der Waals surface area (Å²) in [6.07, 6.45) is -0.606. The number of benzene rings is 2. The second-order valence-corrected chi connectivity index (χ2v) is 5.50. The summed E-state index contributed by atoms with van der Waals surface area (Å²) < 4.78 is 5.36. The largest absolute Gasteiger partial charge is 0.483 e. The number of ether oxygens (including phenoxy) is 1. The Balaban J connectivity index is 0.00000288. The minimum Gasteiger partial charge on any atom is -0.483 e. The topological polar surface area (TPSA) is 84.6 Å². The molecular formula is C17H20Cl2N2O3. The molecule has 1 atom stereocenters. The zero-order chi connectivity index (χ0) is 16.7. The van der Waals surface area contributed by atoms with E-state index in [1.807, 2.05) is 30.3 Å². The van der Waals surface area contributed by atoms with E-state index in [-0.39, 0.29) is 19.0 Å². The number of nitrogens with two attached hydrogens (primary N) is 1. The average molecular weight is 371 g/mol. The third-order valence-corrected chi connectivity index (χ3v) is 3.47. The number of rotatable bonds is 8. The quantitative estimate of drug-likeness (QED) is 0.666. The molecule has 0 bridgehead atoms. The fraction of sp³-hybridized carbons (Fsp3) is 0.235. The van der Waals surface area contributed by atoms with E-state index >= 15 is 0 Å². The second kappa shape index (κ2) is 10.2. The van der Waals surface area contributed by atoms with Gasteiger partial charge in [0.2, 0.25) is 0 Å². The van der Waals surface area contributed by atoms with Gasteiger partial charge in [-0.05, 0) is 23.8 Å². The standard InChI is InChI=1S/C17H19ClN2O3.ClH/c18-14-6-7-16(23-11-17(19)22)13(8-14)9-20-10-15(21)12-4-2-1-3-5-12;/h1-8,15,20-21H,9-11H2,(H2,19,22);1H. The van der Waals surface area contributed by atoms with Gasteiger partial charge in [0.25, 0.3) is 5.91 Å². The minimum atomic E-state index is -0.606. The molecule has 0 spiro atoms. The van der Waals surface area contributed by atoms with Gasteiger partial charge >= 0.3 is 0 Å². The fourth-order valence-electron chi connectivity index (χ4n) is 2.11. The van der Waals surface area contributed by atoms with Gasteiger partial charge in [-0.15, -0.1) is 12.4 Å². The maximum absolute atomic E-state index is 10.8. The van der Waals surface area contributed by atoms with Gasteiger partial charge in [-0.25, -0.2) is 0 Å². The summed E-state index contributed by atoms with van der Waals surface area (Å²) in [6, 6.07) is 14.5. The van der Waals surface area contributed by atoms with Crippen LogP contribution < -0.4 is 15.8 Å². The summed E-state index contributed by atoms with van der Waals surface area (Å²) >= 11 is 5.99. The molecule has 0 aromatic heterocycles. The summed E-state index contributed by atoms with van der Waals surface area (Å²) in [5, 5.41) is 13.8. The number of nitrogens with one attached hydrogen (secondary N) is 1. The monoisotopic (exact) mass is 370 g/mol. The molecule has 0 radical (unpaired) electrons. The number of halogens is 2. The normalized spacial score (nSPS) is 11.4. The highest BCUT2D eigenvalue weighted by Gasteiger charge is 2.09. The first kappa shape index (κ1) is 20.3. The molecule has 4 N–H and O–H groups in total. The van der Waals surface area contributed by atoms with Crippen molar-refractivity contribution in [1.82, 2.24) is 5.32 Å². The zero-order valence-corrected chi connectivity index (χ0v) is 14.5. The van der Waals surface area contributed by atoms with Crippen molar-refractivity contribution in [2.45, 2.75) is 12.6 Å². The van der Waals surface area contributed by atoms with Gasteiger partial charge in [0.1, 0.15) is 5.75 Å². The summed E-state index contributed by atoms with van der Waals surface area (Å²) in [6.45, 7) is 0.631. The molecule has 0 saturated heterocycles. The Bertz CT molecular complexity index is 654. The van der Waals surface area contributed by atoms with Crippen LogP contribution in [0.5, 0.6) is 5.75 Å². The minimum absolute atomic E-state index is 0. The van der Waals surface area contributed by atoms with Crippen LogP contribution in [0.4, 0.5) is 0 Å². The van der Waals surface area contributed by atoms with Crippen LogP contribution in [0, 0.1) is 0 Å². The van der Waals surface area contributed by atoms with E-state index < -0.39 is 12.0 Å². The first-order chi connectivity index (χ1) is 11.1. The highest BCUT2D eigenvalue weighted by Crippen LogP contribution is 2.23.